The lowest BCUT2D eigenvalue weighted by Crippen LogP contribution is -2.25. The smallest absolute Gasteiger partial charge is 0.254 e. The van der Waals surface area contributed by atoms with Crippen molar-refractivity contribution in [2.45, 2.75) is 39.3 Å². The van der Waals surface area contributed by atoms with Gasteiger partial charge in [-0.2, -0.15) is 0 Å². The first kappa shape index (κ1) is 18.9. The average Bonchev–Trinajstić information content (AvgIpc) is 3.56. The van der Waals surface area contributed by atoms with Crippen molar-refractivity contribution in [1.82, 2.24) is 14.5 Å². The number of aryl methyl sites for hydroxylation is 1. The average molecular weight is 385 g/mol. The molecule has 2 heterocycles. The van der Waals surface area contributed by atoms with E-state index in [0.717, 1.165) is 16.8 Å². The summed E-state index contributed by atoms with van der Waals surface area (Å²) < 4.78 is 7.49. The Morgan fingerprint density at radius 1 is 1.17 bits per heavy atom. The molecule has 1 atom stereocenters. The van der Waals surface area contributed by atoms with E-state index >= 15 is 0 Å². The van der Waals surface area contributed by atoms with Crippen molar-refractivity contribution in [3.63, 3.8) is 0 Å². The second-order valence-electron chi connectivity index (χ2n) is 7.34. The number of ether oxygens (including phenoxy) is 1. The van der Waals surface area contributed by atoms with Gasteiger partial charge < -0.3 is 9.30 Å². The zero-order valence-electron chi connectivity index (χ0n) is 16.6. The molecular weight excluding hydrogens is 362 g/mol. The van der Waals surface area contributed by atoms with Crippen LogP contribution in [0.2, 0.25) is 0 Å². The molecule has 4 rings (SSSR count). The lowest BCUT2D eigenvalue weighted by Gasteiger charge is -2.19. The summed E-state index contributed by atoms with van der Waals surface area (Å²) >= 11 is 0. The topological polar surface area (TPSA) is 57.0 Å². The fourth-order valence-electron chi connectivity index (χ4n) is 3.25. The summed E-state index contributed by atoms with van der Waals surface area (Å²) in [6.45, 7) is 4.17. The quantitative estimate of drug-likeness (QED) is 0.625. The fourth-order valence-corrected chi connectivity index (χ4v) is 3.25. The first-order valence-electron chi connectivity index (χ1n) is 9.83. The van der Waals surface area contributed by atoms with Crippen molar-refractivity contribution < 1.29 is 4.74 Å². The van der Waals surface area contributed by atoms with Crippen LogP contribution < -0.4 is 10.3 Å². The molecular formula is C24H23N3O2. The third-order valence-corrected chi connectivity index (χ3v) is 4.98. The van der Waals surface area contributed by atoms with Gasteiger partial charge in [0.2, 0.25) is 0 Å². The van der Waals surface area contributed by atoms with Crippen molar-refractivity contribution in [1.29, 1.82) is 0 Å². The second-order valence-corrected chi connectivity index (χ2v) is 7.34. The van der Waals surface area contributed by atoms with E-state index in [2.05, 4.69) is 27.9 Å². The van der Waals surface area contributed by atoms with Crippen LogP contribution in [0.5, 0.6) is 5.75 Å². The number of hydrogen-bond acceptors (Lipinski definition) is 4. The monoisotopic (exact) mass is 385 g/mol. The molecule has 3 aromatic rings. The first-order chi connectivity index (χ1) is 14.1. The standard InChI is InChI=1S/C24H23N3O2/c1-17-13-22(29-16-23-25-11-4-12-26-23)15-24(28)27(17)18(2)21-6-3-5-20(14-21)10-9-19-7-8-19/h3-6,11-15,18-19H,7-8,16H2,1-2H3/t18-/m1/s1. The van der Waals surface area contributed by atoms with E-state index in [4.69, 9.17) is 4.74 Å². The molecule has 0 saturated heterocycles. The molecule has 1 aliphatic rings. The van der Waals surface area contributed by atoms with Crippen molar-refractivity contribution >= 4 is 0 Å². The van der Waals surface area contributed by atoms with Crippen molar-refractivity contribution in [3.05, 3.63) is 87.9 Å². The van der Waals surface area contributed by atoms with E-state index in [1.807, 2.05) is 38.1 Å². The molecule has 1 fully saturated rings. The molecule has 0 unspecified atom stereocenters. The largest absolute Gasteiger partial charge is 0.485 e. The van der Waals surface area contributed by atoms with Crippen LogP contribution in [-0.2, 0) is 6.61 Å². The third-order valence-electron chi connectivity index (χ3n) is 4.98. The van der Waals surface area contributed by atoms with Gasteiger partial charge in [-0.25, -0.2) is 9.97 Å². The maximum atomic E-state index is 12.8. The Bertz CT molecular complexity index is 1120. The van der Waals surface area contributed by atoms with E-state index < -0.39 is 0 Å². The molecule has 1 aromatic carbocycles. The predicted octanol–water partition coefficient (Wildman–Crippen LogP) is 3.90. The van der Waals surface area contributed by atoms with E-state index in [1.54, 1.807) is 23.0 Å². The highest BCUT2D eigenvalue weighted by atomic mass is 16.5. The normalized spacial score (nSPS) is 14.0. The highest BCUT2D eigenvalue weighted by molar-refractivity contribution is 5.39. The van der Waals surface area contributed by atoms with Gasteiger partial charge in [0.15, 0.2) is 5.82 Å². The van der Waals surface area contributed by atoms with Gasteiger partial charge >= 0.3 is 0 Å². The van der Waals surface area contributed by atoms with Gasteiger partial charge in [-0.3, -0.25) is 4.79 Å². The molecule has 0 N–H and O–H groups in total. The highest BCUT2D eigenvalue weighted by Gasteiger charge is 2.18. The molecule has 0 aliphatic heterocycles. The van der Waals surface area contributed by atoms with Gasteiger partial charge in [-0.15, -0.1) is 0 Å². The van der Waals surface area contributed by atoms with Crippen LogP contribution in [0.4, 0.5) is 0 Å². The Balaban J connectivity index is 1.54. The van der Waals surface area contributed by atoms with Gasteiger partial charge in [-0.1, -0.05) is 24.0 Å². The van der Waals surface area contributed by atoms with Crippen molar-refractivity contribution in [2.24, 2.45) is 5.92 Å². The molecule has 5 nitrogen and oxygen atoms in total. The first-order valence-corrected chi connectivity index (χ1v) is 9.83. The predicted molar refractivity (Wildman–Crippen MR) is 112 cm³/mol. The van der Waals surface area contributed by atoms with Crippen LogP contribution >= 0.6 is 0 Å². The minimum atomic E-state index is -0.101. The zero-order chi connectivity index (χ0) is 20.2. The maximum absolute atomic E-state index is 12.8. The molecule has 0 amide bonds. The third kappa shape index (κ3) is 4.72. The summed E-state index contributed by atoms with van der Waals surface area (Å²) in [7, 11) is 0. The van der Waals surface area contributed by atoms with Crippen LogP contribution in [0.15, 0.2) is 59.7 Å². The minimum Gasteiger partial charge on any atom is -0.485 e. The van der Waals surface area contributed by atoms with E-state index in [0.29, 0.717) is 17.5 Å². The molecule has 0 bridgehead atoms. The number of nitrogens with zero attached hydrogens (tertiary/aromatic N) is 3. The number of benzene rings is 1. The van der Waals surface area contributed by atoms with Crippen LogP contribution in [0.1, 0.15) is 48.5 Å². The Morgan fingerprint density at radius 3 is 2.69 bits per heavy atom. The molecule has 0 spiro atoms. The van der Waals surface area contributed by atoms with Gasteiger partial charge in [0.05, 0.1) is 6.04 Å². The van der Waals surface area contributed by atoms with Gasteiger partial charge in [0.25, 0.3) is 5.56 Å². The van der Waals surface area contributed by atoms with Gasteiger partial charge in [0, 0.05) is 35.6 Å². The van der Waals surface area contributed by atoms with E-state index in [9.17, 15) is 4.79 Å². The summed E-state index contributed by atoms with van der Waals surface area (Å²) in [5.41, 5.74) is 2.79. The number of rotatable bonds is 5. The Labute approximate surface area is 170 Å². The van der Waals surface area contributed by atoms with E-state index in [1.165, 1.54) is 18.9 Å². The van der Waals surface area contributed by atoms with Crippen LogP contribution in [-0.4, -0.2) is 14.5 Å². The van der Waals surface area contributed by atoms with Crippen LogP contribution in [0.3, 0.4) is 0 Å². The minimum absolute atomic E-state index is 0.100. The fraction of sp³-hybridized carbons (Fsp3) is 0.292. The molecule has 29 heavy (non-hydrogen) atoms. The Morgan fingerprint density at radius 2 is 1.97 bits per heavy atom. The van der Waals surface area contributed by atoms with Crippen LogP contribution in [0.25, 0.3) is 0 Å². The summed E-state index contributed by atoms with van der Waals surface area (Å²) in [5, 5.41) is 0. The Hall–Kier alpha value is -3.39. The van der Waals surface area contributed by atoms with E-state index in [-0.39, 0.29) is 18.2 Å². The molecule has 1 saturated carbocycles. The summed E-state index contributed by atoms with van der Waals surface area (Å²) in [6, 6.07) is 13.2. The summed E-state index contributed by atoms with van der Waals surface area (Å²) in [6.07, 6.45) is 5.75. The van der Waals surface area contributed by atoms with Gasteiger partial charge in [-0.05, 0) is 56.5 Å². The maximum Gasteiger partial charge on any atom is 0.254 e. The number of pyridine rings is 1. The lowest BCUT2D eigenvalue weighted by molar-refractivity contribution is 0.294. The zero-order valence-corrected chi connectivity index (χ0v) is 16.6. The lowest BCUT2D eigenvalue weighted by atomic mass is 10.0. The molecule has 146 valence electrons. The Kier molecular flexibility index (Phi) is 5.44. The van der Waals surface area contributed by atoms with Crippen molar-refractivity contribution in [3.8, 4) is 17.6 Å². The van der Waals surface area contributed by atoms with Crippen LogP contribution in [0, 0.1) is 24.7 Å². The highest BCUT2D eigenvalue weighted by Crippen LogP contribution is 2.28. The van der Waals surface area contributed by atoms with Gasteiger partial charge in [0.1, 0.15) is 12.4 Å². The second kappa shape index (κ2) is 8.32. The molecule has 1 aliphatic carbocycles. The van der Waals surface area contributed by atoms with Crippen molar-refractivity contribution in [2.75, 3.05) is 0 Å². The SMILES string of the molecule is Cc1cc(OCc2ncccn2)cc(=O)n1[C@H](C)c1cccc(C#CC2CC2)c1. The molecule has 2 aromatic heterocycles. The number of hydrogen-bond donors (Lipinski definition) is 0. The molecule has 5 heteroatoms. The molecule has 0 radical (unpaired) electrons. The summed E-state index contributed by atoms with van der Waals surface area (Å²) in [5.74, 6) is 8.21. The number of aromatic nitrogens is 3. The summed E-state index contributed by atoms with van der Waals surface area (Å²) in [4.78, 5) is 21.1.